The van der Waals surface area contributed by atoms with Crippen LogP contribution in [0.2, 0.25) is 0 Å². The molecule has 7 nitrogen and oxygen atoms in total. The molecule has 0 spiro atoms. The second-order valence-electron chi connectivity index (χ2n) is 8.33. The van der Waals surface area contributed by atoms with Crippen molar-refractivity contribution in [1.29, 1.82) is 0 Å². The predicted molar refractivity (Wildman–Crippen MR) is 97.7 cm³/mol. The van der Waals surface area contributed by atoms with E-state index in [-0.39, 0.29) is 11.4 Å². The van der Waals surface area contributed by atoms with Crippen molar-refractivity contribution in [2.24, 2.45) is 5.92 Å². The summed E-state index contributed by atoms with van der Waals surface area (Å²) in [5.41, 5.74) is 2.65. The highest BCUT2D eigenvalue weighted by molar-refractivity contribution is 5.79. The van der Waals surface area contributed by atoms with Crippen molar-refractivity contribution in [1.82, 2.24) is 24.7 Å². The van der Waals surface area contributed by atoms with Gasteiger partial charge in [0.2, 0.25) is 11.6 Å². The van der Waals surface area contributed by atoms with Crippen LogP contribution in [0.4, 0.5) is 5.69 Å². The molecule has 1 atom stereocenters. The van der Waals surface area contributed by atoms with E-state index in [2.05, 4.69) is 67.9 Å². The zero-order chi connectivity index (χ0) is 18.4. The SMILES string of the molecule is CC(C)c1cc(N(C)CC2CC(=O)N(C(C)(C)C)C2)c2nncn2n1. The Labute approximate surface area is 149 Å². The Kier molecular flexibility index (Phi) is 4.43. The predicted octanol–water partition coefficient (Wildman–Crippen LogP) is 2.33. The minimum atomic E-state index is -0.119. The van der Waals surface area contributed by atoms with Crippen LogP contribution in [-0.4, -0.2) is 56.3 Å². The van der Waals surface area contributed by atoms with Gasteiger partial charge in [-0.1, -0.05) is 13.8 Å². The Morgan fingerprint density at radius 3 is 2.68 bits per heavy atom. The molecule has 0 aliphatic carbocycles. The van der Waals surface area contributed by atoms with Crippen LogP contribution in [0.25, 0.3) is 5.65 Å². The number of hydrogen-bond acceptors (Lipinski definition) is 5. The Morgan fingerprint density at radius 1 is 1.36 bits per heavy atom. The lowest BCUT2D eigenvalue weighted by Gasteiger charge is -2.32. The molecule has 136 valence electrons. The van der Waals surface area contributed by atoms with Crippen molar-refractivity contribution in [3.8, 4) is 0 Å². The minimum Gasteiger partial charge on any atom is -0.371 e. The van der Waals surface area contributed by atoms with E-state index in [4.69, 9.17) is 0 Å². The molecule has 0 aromatic carbocycles. The van der Waals surface area contributed by atoms with E-state index in [1.165, 1.54) is 0 Å². The van der Waals surface area contributed by atoms with Crippen LogP contribution in [-0.2, 0) is 4.79 Å². The highest BCUT2D eigenvalue weighted by Crippen LogP contribution is 2.29. The van der Waals surface area contributed by atoms with Crippen molar-refractivity contribution in [3.05, 3.63) is 18.1 Å². The third-order valence-corrected chi connectivity index (χ3v) is 4.82. The molecule has 1 saturated heterocycles. The topological polar surface area (TPSA) is 66.6 Å². The zero-order valence-electron chi connectivity index (χ0n) is 16.0. The van der Waals surface area contributed by atoms with Gasteiger partial charge in [-0.25, -0.2) is 0 Å². The molecule has 1 aliphatic rings. The number of amides is 1. The van der Waals surface area contributed by atoms with Crippen LogP contribution in [0, 0.1) is 5.92 Å². The summed E-state index contributed by atoms with van der Waals surface area (Å²) in [6, 6.07) is 2.09. The molecule has 3 rings (SSSR count). The van der Waals surface area contributed by atoms with Gasteiger partial charge in [-0.15, -0.1) is 10.2 Å². The summed E-state index contributed by atoms with van der Waals surface area (Å²) in [5.74, 6) is 0.884. The second kappa shape index (κ2) is 6.28. The molecule has 0 radical (unpaired) electrons. The van der Waals surface area contributed by atoms with Gasteiger partial charge in [-0.2, -0.15) is 9.61 Å². The number of likely N-dealkylation sites (tertiary alicyclic amines) is 1. The van der Waals surface area contributed by atoms with Gasteiger partial charge >= 0.3 is 0 Å². The monoisotopic (exact) mass is 344 g/mol. The van der Waals surface area contributed by atoms with Crippen LogP contribution < -0.4 is 4.90 Å². The molecule has 25 heavy (non-hydrogen) atoms. The van der Waals surface area contributed by atoms with Crippen molar-refractivity contribution in [2.75, 3.05) is 25.0 Å². The molecular formula is C18H28N6O. The molecule has 1 aliphatic heterocycles. The van der Waals surface area contributed by atoms with Crippen LogP contribution in [0.15, 0.2) is 12.4 Å². The van der Waals surface area contributed by atoms with Gasteiger partial charge in [0, 0.05) is 38.0 Å². The van der Waals surface area contributed by atoms with Gasteiger partial charge < -0.3 is 9.80 Å². The van der Waals surface area contributed by atoms with Crippen molar-refractivity contribution < 1.29 is 4.79 Å². The molecule has 1 fully saturated rings. The van der Waals surface area contributed by atoms with Crippen molar-refractivity contribution in [3.63, 3.8) is 0 Å². The Bertz CT molecular complexity index is 775. The fourth-order valence-corrected chi connectivity index (χ4v) is 3.43. The van der Waals surface area contributed by atoms with E-state index in [0.717, 1.165) is 30.1 Å². The highest BCUT2D eigenvalue weighted by Gasteiger charge is 2.36. The number of anilines is 1. The molecule has 2 aromatic rings. The fourth-order valence-electron chi connectivity index (χ4n) is 3.43. The smallest absolute Gasteiger partial charge is 0.223 e. The zero-order valence-corrected chi connectivity index (χ0v) is 16.0. The lowest BCUT2D eigenvalue weighted by atomic mass is 10.1. The Morgan fingerprint density at radius 2 is 2.08 bits per heavy atom. The van der Waals surface area contributed by atoms with Gasteiger partial charge in [-0.05, 0) is 32.8 Å². The van der Waals surface area contributed by atoms with Crippen molar-refractivity contribution >= 4 is 17.2 Å². The Balaban J connectivity index is 1.82. The van der Waals surface area contributed by atoms with E-state index in [1.54, 1.807) is 10.8 Å². The van der Waals surface area contributed by atoms with Crippen LogP contribution in [0.3, 0.4) is 0 Å². The molecule has 0 N–H and O–H groups in total. The van der Waals surface area contributed by atoms with Gasteiger partial charge in [0.1, 0.15) is 6.33 Å². The van der Waals surface area contributed by atoms with Gasteiger partial charge in [0.05, 0.1) is 11.4 Å². The van der Waals surface area contributed by atoms with Gasteiger partial charge in [0.15, 0.2) is 0 Å². The van der Waals surface area contributed by atoms with Crippen molar-refractivity contribution in [2.45, 2.75) is 52.5 Å². The molecule has 7 heteroatoms. The normalized spacial score (nSPS) is 18.6. The number of carbonyl (C=O) groups is 1. The molecule has 3 heterocycles. The summed E-state index contributed by atoms with van der Waals surface area (Å²) < 4.78 is 1.74. The molecular weight excluding hydrogens is 316 g/mol. The van der Waals surface area contributed by atoms with E-state index in [9.17, 15) is 4.79 Å². The van der Waals surface area contributed by atoms with E-state index in [1.807, 2.05) is 4.90 Å². The summed E-state index contributed by atoms with van der Waals surface area (Å²) in [4.78, 5) is 16.5. The fraction of sp³-hybridized carbons (Fsp3) is 0.667. The molecule has 2 aromatic heterocycles. The summed E-state index contributed by atoms with van der Waals surface area (Å²) in [6.45, 7) is 12.1. The third-order valence-electron chi connectivity index (χ3n) is 4.82. The van der Waals surface area contributed by atoms with Crippen LogP contribution >= 0.6 is 0 Å². The largest absolute Gasteiger partial charge is 0.371 e. The number of carbonyl (C=O) groups excluding carboxylic acids is 1. The summed E-state index contributed by atoms with van der Waals surface area (Å²) in [6.07, 6.45) is 2.24. The average Bonchev–Trinajstić information content (AvgIpc) is 3.11. The first kappa shape index (κ1) is 17.6. The summed E-state index contributed by atoms with van der Waals surface area (Å²) in [7, 11) is 2.05. The lowest BCUT2D eigenvalue weighted by Crippen LogP contribution is -2.42. The first-order chi connectivity index (χ1) is 11.7. The number of rotatable bonds is 4. The van der Waals surface area contributed by atoms with Crippen LogP contribution in [0.5, 0.6) is 0 Å². The quantitative estimate of drug-likeness (QED) is 0.851. The number of aromatic nitrogens is 4. The maximum atomic E-state index is 12.3. The van der Waals surface area contributed by atoms with Gasteiger partial charge in [0.25, 0.3) is 0 Å². The average molecular weight is 344 g/mol. The third kappa shape index (κ3) is 3.45. The maximum absolute atomic E-state index is 12.3. The van der Waals surface area contributed by atoms with Crippen LogP contribution in [0.1, 0.15) is 52.7 Å². The highest BCUT2D eigenvalue weighted by atomic mass is 16.2. The first-order valence-corrected chi connectivity index (χ1v) is 8.89. The molecule has 0 bridgehead atoms. The number of fused-ring (bicyclic) bond motifs is 1. The Hall–Kier alpha value is -2.18. The van der Waals surface area contributed by atoms with E-state index in [0.29, 0.717) is 18.3 Å². The molecule has 1 unspecified atom stereocenters. The molecule has 0 saturated carbocycles. The standard InChI is InChI=1S/C18H28N6O/c1-12(2)14-8-15(17-20-19-11-24(17)21-14)22(6)9-13-7-16(25)23(10-13)18(3,4)5/h8,11-13H,7,9-10H2,1-6H3. The number of hydrogen-bond donors (Lipinski definition) is 0. The minimum absolute atomic E-state index is 0.119. The number of nitrogens with zero attached hydrogens (tertiary/aromatic N) is 6. The summed E-state index contributed by atoms with van der Waals surface area (Å²) >= 11 is 0. The first-order valence-electron chi connectivity index (χ1n) is 8.89. The summed E-state index contributed by atoms with van der Waals surface area (Å²) in [5, 5.41) is 12.8. The maximum Gasteiger partial charge on any atom is 0.223 e. The van der Waals surface area contributed by atoms with Gasteiger partial charge in [-0.3, -0.25) is 4.79 Å². The second-order valence-corrected chi connectivity index (χ2v) is 8.33. The van der Waals surface area contributed by atoms with E-state index >= 15 is 0 Å². The molecule has 1 amide bonds. The van der Waals surface area contributed by atoms with E-state index < -0.39 is 0 Å². The lowest BCUT2D eigenvalue weighted by molar-refractivity contribution is -0.131.